The van der Waals surface area contributed by atoms with E-state index in [2.05, 4.69) is 0 Å². The molecule has 1 heterocycles. The van der Waals surface area contributed by atoms with Gasteiger partial charge in [0.15, 0.2) is 0 Å². The van der Waals surface area contributed by atoms with Crippen molar-refractivity contribution in [1.29, 1.82) is 0 Å². The van der Waals surface area contributed by atoms with E-state index < -0.39 is 18.1 Å². The van der Waals surface area contributed by atoms with Crippen LogP contribution in [0.25, 0.3) is 0 Å². The third-order valence-corrected chi connectivity index (χ3v) is 3.88. The van der Waals surface area contributed by atoms with Gasteiger partial charge in [-0.05, 0) is 24.3 Å². The van der Waals surface area contributed by atoms with Crippen molar-refractivity contribution in [1.82, 2.24) is 4.90 Å². The normalized spacial score (nSPS) is 16.8. The number of benzene rings is 1. The highest BCUT2D eigenvalue weighted by molar-refractivity contribution is 5.80. The highest BCUT2D eigenvalue weighted by Gasteiger charge is 2.36. The van der Waals surface area contributed by atoms with Crippen molar-refractivity contribution in [2.24, 2.45) is 5.92 Å². The molecule has 0 aliphatic carbocycles. The lowest BCUT2D eigenvalue weighted by Gasteiger charge is -2.33. The molecule has 0 saturated carbocycles. The van der Waals surface area contributed by atoms with Crippen LogP contribution in [0.2, 0.25) is 0 Å². The van der Waals surface area contributed by atoms with Crippen molar-refractivity contribution >= 4 is 12.1 Å². The summed E-state index contributed by atoms with van der Waals surface area (Å²) in [7, 11) is 1.47. The number of nitrogens with zero attached hydrogens (tertiary/aromatic N) is 1. The number of amides is 1. The number of carbonyl (C=O) groups is 2. The number of carboxylic acid groups (broad SMARTS) is 1. The average molecular weight is 307 g/mol. The number of carbonyl (C=O) groups excluding carboxylic acids is 1. The highest BCUT2D eigenvalue weighted by Crippen LogP contribution is 2.23. The summed E-state index contributed by atoms with van der Waals surface area (Å²) >= 11 is 0. The van der Waals surface area contributed by atoms with Gasteiger partial charge in [0.2, 0.25) is 0 Å². The van der Waals surface area contributed by atoms with E-state index in [0.29, 0.717) is 26.1 Å². The standard InChI is InChI=1S/C16H21NO5/c1-17(14(15(18)19)13-7-9-21-10-8-13)16(20)22-11-12-5-3-2-4-6-12/h2-6,13-14H,7-11H2,1H3,(H,18,19). The van der Waals surface area contributed by atoms with E-state index in [1.807, 2.05) is 30.3 Å². The second-order valence-corrected chi connectivity index (χ2v) is 5.38. The molecule has 6 nitrogen and oxygen atoms in total. The number of hydrogen-bond donors (Lipinski definition) is 1. The Morgan fingerprint density at radius 1 is 1.32 bits per heavy atom. The molecule has 1 unspecified atom stereocenters. The van der Waals surface area contributed by atoms with Crippen LogP contribution in [0.15, 0.2) is 30.3 Å². The summed E-state index contributed by atoms with van der Waals surface area (Å²) in [6, 6.07) is 8.40. The first kappa shape index (κ1) is 16.3. The molecule has 2 rings (SSSR count). The molecule has 1 aliphatic rings. The molecule has 0 aromatic heterocycles. The zero-order chi connectivity index (χ0) is 15.9. The van der Waals surface area contributed by atoms with Crippen molar-refractivity contribution in [3.05, 3.63) is 35.9 Å². The maximum Gasteiger partial charge on any atom is 0.410 e. The first-order valence-corrected chi connectivity index (χ1v) is 7.33. The number of likely N-dealkylation sites (N-methyl/N-ethyl adjacent to an activating group) is 1. The lowest BCUT2D eigenvalue weighted by Crippen LogP contribution is -2.48. The highest BCUT2D eigenvalue weighted by atomic mass is 16.6. The summed E-state index contributed by atoms with van der Waals surface area (Å²) in [5.74, 6) is -1.12. The fourth-order valence-corrected chi connectivity index (χ4v) is 2.65. The molecule has 1 aromatic carbocycles. The van der Waals surface area contributed by atoms with E-state index >= 15 is 0 Å². The minimum atomic E-state index is -1.01. The SMILES string of the molecule is CN(C(=O)OCc1ccccc1)C(C(=O)O)C1CCOCC1. The van der Waals surface area contributed by atoms with Crippen LogP contribution in [0.4, 0.5) is 4.79 Å². The van der Waals surface area contributed by atoms with Gasteiger partial charge in [-0.1, -0.05) is 30.3 Å². The Morgan fingerprint density at radius 3 is 2.55 bits per heavy atom. The largest absolute Gasteiger partial charge is 0.480 e. The molecule has 22 heavy (non-hydrogen) atoms. The van der Waals surface area contributed by atoms with Gasteiger partial charge in [0.1, 0.15) is 12.6 Å². The first-order valence-electron chi connectivity index (χ1n) is 7.33. The van der Waals surface area contributed by atoms with Crippen molar-refractivity contribution in [2.45, 2.75) is 25.5 Å². The second kappa shape index (κ2) is 7.79. The number of aliphatic carboxylic acids is 1. The van der Waals surface area contributed by atoms with Crippen LogP contribution < -0.4 is 0 Å². The topological polar surface area (TPSA) is 76.1 Å². The minimum absolute atomic E-state index is 0.111. The molecule has 1 saturated heterocycles. The molecule has 120 valence electrons. The molecular weight excluding hydrogens is 286 g/mol. The van der Waals surface area contributed by atoms with E-state index in [0.717, 1.165) is 5.56 Å². The zero-order valence-electron chi connectivity index (χ0n) is 12.6. The Kier molecular flexibility index (Phi) is 5.77. The van der Waals surface area contributed by atoms with E-state index in [9.17, 15) is 14.7 Å². The van der Waals surface area contributed by atoms with E-state index in [-0.39, 0.29) is 12.5 Å². The quantitative estimate of drug-likeness (QED) is 0.902. The van der Waals surface area contributed by atoms with Gasteiger partial charge in [-0.15, -0.1) is 0 Å². The molecule has 1 aromatic rings. The fraction of sp³-hybridized carbons (Fsp3) is 0.500. The maximum atomic E-state index is 12.1. The number of rotatable bonds is 5. The van der Waals surface area contributed by atoms with Crippen LogP contribution in [0.1, 0.15) is 18.4 Å². The van der Waals surface area contributed by atoms with Gasteiger partial charge in [-0.3, -0.25) is 4.90 Å². The third kappa shape index (κ3) is 4.21. The number of ether oxygens (including phenoxy) is 2. The molecule has 0 spiro atoms. The van der Waals surface area contributed by atoms with Crippen LogP contribution in [0.3, 0.4) is 0 Å². The molecule has 1 amide bonds. The third-order valence-electron chi connectivity index (χ3n) is 3.88. The Labute approximate surface area is 129 Å². The molecule has 1 atom stereocenters. The number of carboxylic acids is 1. The molecule has 0 radical (unpaired) electrons. The molecule has 1 N–H and O–H groups in total. The summed E-state index contributed by atoms with van der Waals surface area (Å²) in [6.45, 7) is 1.19. The van der Waals surface area contributed by atoms with E-state index in [4.69, 9.17) is 9.47 Å². The van der Waals surface area contributed by atoms with Gasteiger partial charge in [-0.25, -0.2) is 9.59 Å². The monoisotopic (exact) mass is 307 g/mol. The lowest BCUT2D eigenvalue weighted by molar-refractivity contribution is -0.145. The van der Waals surface area contributed by atoms with Gasteiger partial charge < -0.3 is 14.6 Å². The van der Waals surface area contributed by atoms with E-state index in [1.165, 1.54) is 11.9 Å². The molecular formula is C16H21NO5. The fourth-order valence-electron chi connectivity index (χ4n) is 2.65. The summed E-state index contributed by atoms with van der Waals surface area (Å²) in [5, 5.41) is 9.44. The summed E-state index contributed by atoms with van der Waals surface area (Å²) in [6.07, 6.45) is 0.642. The second-order valence-electron chi connectivity index (χ2n) is 5.38. The first-order chi connectivity index (χ1) is 10.6. The summed E-state index contributed by atoms with van der Waals surface area (Å²) < 4.78 is 10.5. The zero-order valence-corrected chi connectivity index (χ0v) is 12.6. The molecule has 0 bridgehead atoms. The van der Waals surface area contributed by atoms with Crippen molar-refractivity contribution in [3.63, 3.8) is 0 Å². The molecule has 1 fully saturated rings. The van der Waals surface area contributed by atoms with Crippen molar-refractivity contribution in [3.8, 4) is 0 Å². The van der Waals surface area contributed by atoms with Gasteiger partial charge in [0, 0.05) is 20.3 Å². The predicted molar refractivity (Wildman–Crippen MR) is 79.4 cm³/mol. The Morgan fingerprint density at radius 2 is 1.95 bits per heavy atom. The molecule has 6 heteroatoms. The van der Waals surface area contributed by atoms with Gasteiger partial charge in [0.25, 0.3) is 0 Å². The average Bonchev–Trinajstić information content (AvgIpc) is 2.54. The van der Waals surface area contributed by atoms with Crippen LogP contribution in [-0.2, 0) is 20.9 Å². The van der Waals surface area contributed by atoms with Crippen molar-refractivity contribution < 1.29 is 24.2 Å². The van der Waals surface area contributed by atoms with Gasteiger partial charge >= 0.3 is 12.1 Å². The maximum absolute atomic E-state index is 12.1. The Hall–Kier alpha value is -2.08. The van der Waals surface area contributed by atoms with Crippen LogP contribution in [-0.4, -0.2) is 48.4 Å². The number of hydrogen-bond acceptors (Lipinski definition) is 4. The molecule has 1 aliphatic heterocycles. The van der Waals surface area contributed by atoms with Crippen molar-refractivity contribution in [2.75, 3.05) is 20.3 Å². The summed E-state index contributed by atoms with van der Waals surface area (Å²) in [4.78, 5) is 24.8. The van der Waals surface area contributed by atoms with Crippen LogP contribution in [0.5, 0.6) is 0 Å². The van der Waals surface area contributed by atoms with Crippen LogP contribution in [0, 0.1) is 5.92 Å². The van der Waals surface area contributed by atoms with Gasteiger partial charge in [0.05, 0.1) is 0 Å². The smallest absolute Gasteiger partial charge is 0.410 e. The lowest BCUT2D eigenvalue weighted by atomic mass is 9.91. The minimum Gasteiger partial charge on any atom is -0.480 e. The summed E-state index contributed by atoms with van der Waals surface area (Å²) in [5.41, 5.74) is 0.863. The van der Waals surface area contributed by atoms with Gasteiger partial charge in [-0.2, -0.15) is 0 Å². The van der Waals surface area contributed by atoms with E-state index in [1.54, 1.807) is 0 Å². The Balaban J connectivity index is 1.95. The Bertz CT molecular complexity index is 499. The van der Waals surface area contributed by atoms with Crippen LogP contribution >= 0.6 is 0 Å². The predicted octanol–water partition coefficient (Wildman–Crippen LogP) is 2.13.